The lowest BCUT2D eigenvalue weighted by atomic mass is 9.86. The second-order valence-electron chi connectivity index (χ2n) is 7.60. The predicted octanol–water partition coefficient (Wildman–Crippen LogP) is 4.82. The third-order valence-corrected chi connectivity index (χ3v) is 4.22. The van der Waals surface area contributed by atoms with Crippen LogP contribution in [-0.2, 0) is 4.74 Å². The monoisotopic (exact) mass is 338 g/mol. The minimum Gasteiger partial charge on any atom is -0.444 e. The fourth-order valence-corrected chi connectivity index (χ4v) is 2.95. The van der Waals surface area contributed by atoms with Gasteiger partial charge < -0.3 is 15.4 Å². The standard InChI is InChI=1S/C21H26N2O2/c1-21(2,3)25-20(24)23-19-13-18(14-19)22-17-11-9-16(10-12-17)15-7-5-4-6-8-15/h4-12,18-19,22H,13-14H2,1-3H3,(H,23,24). The van der Waals surface area contributed by atoms with E-state index < -0.39 is 5.60 Å². The number of hydrogen-bond acceptors (Lipinski definition) is 3. The smallest absolute Gasteiger partial charge is 0.407 e. The lowest BCUT2D eigenvalue weighted by Gasteiger charge is -2.37. The lowest BCUT2D eigenvalue weighted by molar-refractivity contribution is 0.0475. The zero-order valence-electron chi connectivity index (χ0n) is 15.1. The quantitative estimate of drug-likeness (QED) is 0.840. The number of ether oxygens (including phenoxy) is 1. The van der Waals surface area contributed by atoms with Crippen LogP contribution in [0.15, 0.2) is 54.6 Å². The fraction of sp³-hybridized carbons (Fsp3) is 0.381. The van der Waals surface area contributed by atoms with E-state index in [9.17, 15) is 4.79 Å². The van der Waals surface area contributed by atoms with Gasteiger partial charge in [0.25, 0.3) is 0 Å². The van der Waals surface area contributed by atoms with Gasteiger partial charge in [0.05, 0.1) is 0 Å². The third kappa shape index (κ3) is 4.99. The molecule has 0 saturated heterocycles. The molecule has 1 aliphatic rings. The first-order valence-corrected chi connectivity index (χ1v) is 8.80. The van der Waals surface area contributed by atoms with Gasteiger partial charge in [0, 0.05) is 17.8 Å². The molecule has 1 amide bonds. The summed E-state index contributed by atoms with van der Waals surface area (Å²) in [5.41, 5.74) is 3.09. The van der Waals surface area contributed by atoms with Crippen molar-refractivity contribution in [2.24, 2.45) is 0 Å². The van der Waals surface area contributed by atoms with Crippen molar-refractivity contribution in [2.75, 3.05) is 5.32 Å². The molecule has 0 aromatic heterocycles. The number of benzene rings is 2. The molecule has 1 aliphatic carbocycles. The van der Waals surface area contributed by atoms with Gasteiger partial charge in [-0.25, -0.2) is 4.79 Å². The van der Waals surface area contributed by atoms with Crippen molar-refractivity contribution in [1.82, 2.24) is 5.32 Å². The van der Waals surface area contributed by atoms with Gasteiger partial charge in [-0.1, -0.05) is 42.5 Å². The first-order valence-electron chi connectivity index (χ1n) is 8.80. The van der Waals surface area contributed by atoms with E-state index in [0.717, 1.165) is 18.5 Å². The van der Waals surface area contributed by atoms with Crippen LogP contribution in [0.2, 0.25) is 0 Å². The average Bonchev–Trinajstić information content (AvgIpc) is 2.52. The molecule has 0 aliphatic heterocycles. The number of hydrogen-bond donors (Lipinski definition) is 2. The summed E-state index contributed by atoms with van der Waals surface area (Å²) in [6, 6.07) is 19.4. The van der Waals surface area contributed by atoms with Crippen LogP contribution in [-0.4, -0.2) is 23.8 Å². The first-order chi connectivity index (χ1) is 11.9. The normalized spacial score (nSPS) is 19.6. The number of anilines is 1. The molecule has 4 heteroatoms. The van der Waals surface area contributed by atoms with Crippen molar-refractivity contribution in [2.45, 2.75) is 51.3 Å². The molecule has 2 N–H and O–H groups in total. The molecular weight excluding hydrogens is 312 g/mol. The topological polar surface area (TPSA) is 50.4 Å². The zero-order valence-corrected chi connectivity index (χ0v) is 15.1. The number of carbonyl (C=O) groups is 1. The van der Waals surface area contributed by atoms with Gasteiger partial charge in [0.15, 0.2) is 0 Å². The summed E-state index contributed by atoms with van der Waals surface area (Å²) in [5.74, 6) is 0. The summed E-state index contributed by atoms with van der Waals surface area (Å²) in [4.78, 5) is 11.7. The van der Waals surface area contributed by atoms with Gasteiger partial charge in [-0.3, -0.25) is 0 Å². The van der Waals surface area contributed by atoms with E-state index in [4.69, 9.17) is 4.74 Å². The Morgan fingerprint density at radius 1 is 0.920 bits per heavy atom. The second kappa shape index (κ2) is 7.18. The Labute approximate surface area is 149 Å². The SMILES string of the molecule is CC(C)(C)OC(=O)NC1CC(Nc2ccc(-c3ccccc3)cc2)C1. The molecule has 0 bridgehead atoms. The van der Waals surface area contributed by atoms with E-state index >= 15 is 0 Å². The Hall–Kier alpha value is -2.49. The van der Waals surface area contributed by atoms with Gasteiger partial charge >= 0.3 is 6.09 Å². The van der Waals surface area contributed by atoms with Gasteiger partial charge in [-0.05, 0) is 56.9 Å². The molecule has 0 spiro atoms. The van der Waals surface area contributed by atoms with Gasteiger partial charge in [-0.2, -0.15) is 0 Å². The summed E-state index contributed by atoms with van der Waals surface area (Å²) in [6.07, 6.45) is 1.50. The number of nitrogens with one attached hydrogen (secondary N) is 2. The van der Waals surface area contributed by atoms with Crippen LogP contribution in [0.25, 0.3) is 11.1 Å². The molecule has 3 rings (SSSR count). The molecule has 2 aromatic carbocycles. The summed E-state index contributed by atoms with van der Waals surface area (Å²) in [6.45, 7) is 5.62. The molecule has 0 unspecified atom stereocenters. The van der Waals surface area contributed by atoms with Crippen LogP contribution in [0.3, 0.4) is 0 Å². The molecule has 0 heterocycles. The summed E-state index contributed by atoms with van der Waals surface area (Å²) in [5, 5.41) is 6.43. The predicted molar refractivity (Wildman–Crippen MR) is 102 cm³/mol. The Kier molecular flexibility index (Phi) is 4.98. The van der Waals surface area contributed by atoms with Gasteiger partial charge in [0.2, 0.25) is 0 Å². The highest BCUT2D eigenvalue weighted by atomic mass is 16.6. The zero-order chi connectivity index (χ0) is 17.9. The molecule has 0 radical (unpaired) electrons. The van der Waals surface area contributed by atoms with Crippen LogP contribution in [0, 0.1) is 0 Å². The highest BCUT2D eigenvalue weighted by Crippen LogP contribution is 2.26. The van der Waals surface area contributed by atoms with E-state index in [1.807, 2.05) is 39.0 Å². The maximum Gasteiger partial charge on any atom is 0.407 e. The minimum absolute atomic E-state index is 0.191. The molecule has 0 atom stereocenters. The fourth-order valence-electron chi connectivity index (χ4n) is 2.95. The summed E-state index contributed by atoms with van der Waals surface area (Å²) >= 11 is 0. The highest BCUT2D eigenvalue weighted by Gasteiger charge is 2.31. The first kappa shape index (κ1) is 17.3. The van der Waals surface area contributed by atoms with Crippen LogP contribution in [0.1, 0.15) is 33.6 Å². The molecule has 4 nitrogen and oxygen atoms in total. The maximum absolute atomic E-state index is 11.7. The van der Waals surface area contributed by atoms with Crippen LogP contribution in [0.5, 0.6) is 0 Å². The van der Waals surface area contributed by atoms with Crippen LogP contribution >= 0.6 is 0 Å². The molecular formula is C21H26N2O2. The summed E-state index contributed by atoms with van der Waals surface area (Å²) < 4.78 is 5.28. The van der Waals surface area contributed by atoms with E-state index in [1.165, 1.54) is 11.1 Å². The minimum atomic E-state index is -0.452. The average molecular weight is 338 g/mol. The van der Waals surface area contributed by atoms with Gasteiger partial charge in [-0.15, -0.1) is 0 Å². The molecule has 1 fully saturated rings. The largest absolute Gasteiger partial charge is 0.444 e. The molecule has 132 valence electrons. The van der Waals surface area contributed by atoms with Crippen molar-refractivity contribution in [3.05, 3.63) is 54.6 Å². The Morgan fingerprint density at radius 2 is 1.52 bits per heavy atom. The summed E-state index contributed by atoms with van der Waals surface area (Å²) in [7, 11) is 0. The maximum atomic E-state index is 11.7. The van der Waals surface area contributed by atoms with Crippen molar-refractivity contribution >= 4 is 11.8 Å². The Balaban J connectivity index is 1.45. The number of rotatable bonds is 4. The molecule has 1 saturated carbocycles. The Bertz CT molecular complexity index is 699. The van der Waals surface area contributed by atoms with Crippen molar-refractivity contribution in [3.63, 3.8) is 0 Å². The number of carbonyl (C=O) groups excluding carboxylic acids is 1. The third-order valence-electron chi connectivity index (χ3n) is 4.22. The van der Waals surface area contributed by atoms with Crippen molar-refractivity contribution in [1.29, 1.82) is 0 Å². The van der Waals surface area contributed by atoms with Crippen LogP contribution < -0.4 is 10.6 Å². The van der Waals surface area contributed by atoms with E-state index in [2.05, 4.69) is 47.0 Å². The van der Waals surface area contributed by atoms with E-state index in [-0.39, 0.29) is 12.1 Å². The van der Waals surface area contributed by atoms with E-state index in [1.54, 1.807) is 0 Å². The number of alkyl carbamates (subject to hydrolysis) is 1. The number of amides is 1. The second-order valence-corrected chi connectivity index (χ2v) is 7.60. The van der Waals surface area contributed by atoms with Crippen molar-refractivity contribution in [3.8, 4) is 11.1 Å². The molecule has 2 aromatic rings. The highest BCUT2D eigenvalue weighted by molar-refractivity contribution is 5.68. The van der Waals surface area contributed by atoms with Crippen LogP contribution in [0.4, 0.5) is 10.5 Å². The van der Waals surface area contributed by atoms with Crippen molar-refractivity contribution < 1.29 is 9.53 Å². The Morgan fingerprint density at radius 3 is 2.12 bits per heavy atom. The molecule has 25 heavy (non-hydrogen) atoms. The van der Waals surface area contributed by atoms with Gasteiger partial charge in [0.1, 0.15) is 5.60 Å². The van der Waals surface area contributed by atoms with E-state index in [0.29, 0.717) is 6.04 Å². The lowest BCUT2D eigenvalue weighted by Crippen LogP contribution is -2.50.